The van der Waals surface area contributed by atoms with E-state index in [1.165, 1.54) is 4.90 Å². The topological polar surface area (TPSA) is 86.0 Å². The van der Waals surface area contributed by atoms with Gasteiger partial charge in [0.15, 0.2) is 0 Å². The van der Waals surface area contributed by atoms with Gasteiger partial charge in [0.25, 0.3) is 11.8 Å². The Balaban J connectivity index is 1.17. The number of fused-ring (bicyclic) bond motifs is 8. The smallest absolute Gasteiger partial charge is 0.345 e. The molecule has 0 fully saturated rings. The fourth-order valence-electron chi connectivity index (χ4n) is 6.01. The fraction of sp³-hybridized carbons (Fsp3) is 0.258. The van der Waals surface area contributed by atoms with E-state index in [9.17, 15) is 14.4 Å². The van der Waals surface area contributed by atoms with Gasteiger partial charge >= 0.3 is 5.63 Å². The van der Waals surface area contributed by atoms with Crippen LogP contribution in [0.4, 0.5) is 0 Å². The van der Waals surface area contributed by atoms with Gasteiger partial charge in [-0.05, 0) is 59.9 Å². The van der Waals surface area contributed by atoms with Crippen LogP contribution in [0.5, 0.6) is 5.75 Å². The number of aryl methyl sites for hydroxylation is 1. The quantitative estimate of drug-likeness (QED) is 0.269. The maximum atomic E-state index is 12.9. The summed E-state index contributed by atoms with van der Waals surface area (Å²) in [6.07, 6.45) is 1.74. The van der Waals surface area contributed by atoms with Gasteiger partial charge in [0.2, 0.25) is 5.79 Å². The van der Waals surface area contributed by atoms with Gasteiger partial charge in [-0.25, -0.2) is 4.79 Å². The summed E-state index contributed by atoms with van der Waals surface area (Å²) in [5.41, 5.74) is 2.87. The fourth-order valence-corrected chi connectivity index (χ4v) is 6.01. The van der Waals surface area contributed by atoms with Crippen molar-refractivity contribution < 1.29 is 23.5 Å². The predicted octanol–water partition coefficient (Wildman–Crippen LogP) is 5.32. The summed E-state index contributed by atoms with van der Waals surface area (Å²) >= 11 is 0. The maximum Gasteiger partial charge on any atom is 0.345 e. The van der Waals surface area contributed by atoms with E-state index in [-0.39, 0.29) is 11.8 Å². The number of nitrogens with zero attached hydrogens (tertiary/aromatic N) is 1. The monoisotopic (exact) mass is 507 g/mol. The number of unbranched alkanes of at least 4 members (excludes halogenated alkanes) is 1. The third-order valence-electron chi connectivity index (χ3n) is 7.78. The number of imide groups is 1. The lowest BCUT2D eigenvalue weighted by atomic mass is 9.84. The summed E-state index contributed by atoms with van der Waals surface area (Å²) in [6.45, 7) is 2.05. The number of amides is 2. The van der Waals surface area contributed by atoms with Crippen molar-refractivity contribution in [3.63, 3.8) is 0 Å². The summed E-state index contributed by atoms with van der Waals surface area (Å²) in [5.74, 6) is -0.482. The van der Waals surface area contributed by atoms with Crippen LogP contribution in [0.1, 0.15) is 68.5 Å². The summed E-state index contributed by atoms with van der Waals surface area (Å²) < 4.78 is 18.4. The first-order valence-electron chi connectivity index (χ1n) is 12.9. The Kier molecular flexibility index (Phi) is 5.07. The molecule has 3 aliphatic rings. The van der Waals surface area contributed by atoms with Crippen LogP contribution in [0.25, 0.3) is 10.8 Å². The molecule has 1 aromatic heterocycles. The number of rotatable bonds is 5. The molecule has 2 atom stereocenters. The number of carbonyl (C=O) groups excluding carboxylic acids is 2. The Morgan fingerprint density at radius 1 is 0.895 bits per heavy atom. The SMILES string of the molecule is Cc1cc2c(c(=O)o1)C1OC(CCCCN3C(=O)c4ccccc4C3=O)(Cc3cc4ccccc4cc31)O2. The van der Waals surface area contributed by atoms with Gasteiger partial charge in [-0.1, -0.05) is 42.5 Å². The van der Waals surface area contributed by atoms with Crippen molar-refractivity contribution in [2.75, 3.05) is 6.54 Å². The highest BCUT2D eigenvalue weighted by molar-refractivity contribution is 6.21. The molecule has 4 heterocycles. The molecule has 190 valence electrons. The molecular weight excluding hydrogens is 482 g/mol. The molecule has 3 aromatic carbocycles. The van der Waals surface area contributed by atoms with Gasteiger partial charge in [-0.2, -0.15) is 0 Å². The van der Waals surface area contributed by atoms with Crippen LogP contribution in [0, 0.1) is 6.92 Å². The molecule has 2 amide bonds. The maximum absolute atomic E-state index is 12.9. The average Bonchev–Trinajstić information content (AvgIpc) is 3.14. The molecule has 4 aromatic rings. The summed E-state index contributed by atoms with van der Waals surface area (Å²) in [7, 11) is 0. The van der Waals surface area contributed by atoms with Gasteiger partial charge in [-0.15, -0.1) is 0 Å². The third kappa shape index (κ3) is 3.50. The van der Waals surface area contributed by atoms with E-state index in [4.69, 9.17) is 13.9 Å². The molecule has 7 rings (SSSR count). The molecule has 0 aliphatic carbocycles. The van der Waals surface area contributed by atoms with Crippen LogP contribution >= 0.6 is 0 Å². The molecule has 0 radical (unpaired) electrons. The molecule has 38 heavy (non-hydrogen) atoms. The van der Waals surface area contributed by atoms with E-state index in [0.29, 0.717) is 60.4 Å². The Bertz CT molecular complexity index is 1670. The largest absolute Gasteiger partial charge is 0.461 e. The molecule has 0 N–H and O–H groups in total. The lowest BCUT2D eigenvalue weighted by Gasteiger charge is -2.46. The minimum atomic E-state index is -0.963. The van der Waals surface area contributed by atoms with E-state index in [1.807, 2.05) is 12.1 Å². The van der Waals surface area contributed by atoms with E-state index in [1.54, 1.807) is 37.3 Å². The second-order valence-electron chi connectivity index (χ2n) is 10.3. The van der Waals surface area contributed by atoms with Crippen molar-refractivity contribution >= 4 is 22.6 Å². The standard InChI is InChI=1S/C31H25NO6/c1-18-14-25-26(30(35)36-18)27-24-16-20-9-3-2-8-19(20)15-21(24)17-31(37-25,38-27)12-6-7-13-32-28(33)22-10-4-5-11-23(22)29(32)34/h2-5,8-11,14-16,27H,6-7,12-13,17H2,1H3. The Morgan fingerprint density at radius 2 is 1.58 bits per heavy atom. The number of ether oxygens (including phenoxy) is 2. The van der Waals surface area contributed by atoms with Crippen molar-refractivity contribution in [1.29, 1.82) is 0 Å². The van der Waals surface area contributed by atoms with Crippen LogP contribution < -0.4 is 10.4 Å². The minimum Gasteiger partial charge on any atom is -0.461 e. The Morgan fingerprint density at radius 3 is 2.32 bits per heavy atom. The molecule has 2 unspecified atom stereocenters. The van der Waals surface area contributed by atoms with Crippen molar-refractivity contribution in [3.8, 4) is 5.75 Å². The molecule has 3 aliphatic heterocycles. The van der Waals surface area contributed by atoms with Gasteiger partial charge in [0.1, 0.15) is 23.2 Å². The molecule has 0 saturated heterocycles. The van der Waals surface area contributed by atoms with Gasteiger partial charge in [-0.3, -0.25) is 14.5 Å². The van der Waals surface area contributed by atoms with Crippen LogP contribution in [0.3, 0.4) is 0 Å². The number of hydrogen-bond acceptors (Lipinski definition) is 6. The number of benzene rings is 3. The third-order valence-corrected chi connectivity index (χ3v) is 7.78. The highest BCUT2D eigenvalue weighted by atomic mass is 16.7. The zero-order chi connectivity index (χ0) is 26.0. The zero-order valence-electron chi connectivity index (χ0n) is 20.9. The summed E-state index contributed by atoms with van der Waals surface area (Å²) in [5, 5.41) is 2.19. The van der Waals surface area contributed by atoms with Crippen molar-refractivity contribution in [3.05, 3.63) is 111 Å². The van der Waals surface area contributed by atoms with E-state index in [2.05, 4.69) is 24.3 Å². The highest BCUT2D eigenvalue weighted by Gasteiger charge is 2.49. The first kappa shape index (κ1) is 22.9. The molecule has 0 saturated carbocycles. The lowest BCUT2D eigenvalue weighted by Crippen LogP contribution is -2.50. The average molecular weight is 508 g/mol. The number of carbonyl (C=O) groups is 2. The van der Waals surface area contributed by atoms with Gasteiger partial charge in [0.05, 0.1) is 11.1 Å². The van der Waals surface area contributed by atoms with Gasteiger partial charge in [0, 0.05) is 25.5 Å². The van der Waals surface area contributed by atoms with Crippen molar-refractivity contribution in [2.24, 2.45) is 0 Å². The zero-order valence-corrected chi connectivity index (χ0v) is 20.9. The summed E-state index contributed by atoms with van der Waals surface area (Å²) in [4.78, 5) is 39.7. The predicted molar refractivity (Wildman–Crippen MR) is 139 cm³/mol. The molecule has 0 spiro atoms. The normalized spacial score (nSPS) is 21.2. The first-order valence-corrected chi connectivity index (χ1v) is 12.9. The van der Waals surface area contributed by atoms with Gasteiger partial charge < -0.3 is 13.9 Å². The molecule has 7 nitrogen and oxygen atoms in total. The van der Waals surface area contributed by atoms with E-state index < -0.39 is 17.5 Å². The minimum absolute atomic E-state index is 0.247. The van der Waals surface area contributed by atoms with E-state index in [0.717, 1.165) is 21.9 Å². The van der Waals surface area contributed by atoms with Crippen LogP contribution in [0.2, 0.25) is 0 Å². The Hall–Kier alpha value is -4.23. The van der Waals surface area contributed by atoms with Crippen LogP contribution in [-0.2, 0) is 11.2 Å². The van der Waals surface area contributed by atoms with Crippen LogP contribution in [0.15, 0.2) is 75.9 Å². The molecule has 2 bridgehead atoms. The molecular formula is C31H25NO6. The number of hydrogen-bond donors (Lipinski definition) is 0. The van der Waals surface area contributed by atoms with E-state index >= 15 is 0 Å². The second kappa shape index (κ2) is 8.39. The second-order valence-corrected chi connectivity index (χ2v) is 10.3. The van der Waals surface area contributed by atoms with Crippen LogP contribution in [-0.4, -0.2) is 29.0 Å². The Labute approximate surface area is 218 Å². The van der Waals surface area contributed by atoms with Crippen molar-refractivity contribution in [2.45, 2.75) is 44.5 Å². The first-order chi connectivity index (χ1) is 18.4. The molecule has 7 heteroatoms. The highest BCUT2D eigenvalue weighted by Crippen LogP contribution is 2.49. The van der Waals surface area contributed by atoms with Crippen molar-refractivity contribution in [1.82, 2.24) is 4.90 Å². The summed E-state index contributed by atoms with van der Waals surface area (Å²) in [6, 6.07) is 21.0. The lowest BCUT2D eigenvalue weighted by molar-refractivity contribution is -0.233.